The summed E-state index contributed by atoms with van der Waals surface area (Å²) >= 11 is 6.01. The van der Waals surface area contributed by atoms with E-state index in [-0.39, 0.29) is 11.7 Å². The Morgan fingerprint density at radius 3 is 2.77 bits per heavy atom. The maximum absolute atomic E-state index is 12.8. The van der Waals surface area contributed by atoms with Gasteiger partial charge in [-0.2, -0.15) is 0 Å². The molecule has 2 heterocycles. The quantitative estimate of drug-likeness (QED) is 0.845. The van der Waals surface area contributed by atoms with Gasteiger partial charge in [0, 0.05) is 22.7 Å². The highest BCUT2D eigenvalue weighted by Gasteiger charge is 2.36. The Bertz CT molecular complexity index is 710. The number of carbonyl (C=O) groups is 1. The molecule has 0 bridgehead atoms. The fourth-order valence-corrected chi connectivity index (χ4v) is 4.21. The lowest BCUT2D eigenvalue weighted by molar-refractivity contribution is -0.127. The number of ether oxygens (including phenoxy) is 1. The molecule has 0 saturated carbocycles. The van der Waals surface area contributed by atoms with Crippen molar-refractivity contribution in [2.75, 3.05) is 17.3 Å². The van der Waals surface area contributed by atoms with Gasteiger partial charge < -0.3 is 9.64 Å². The second-order valence-electron chi connectivity index (χ2n) is 5.42. The van der Waals surface area contributed by atoms with Gasteiger partial charge in [0.1, 0.15) is 6.10 Å². The number of rotatable bonds is 3. The summed E-state index contributed by atoms with van der Waals surface area (Å²) in [5.74, 6) is -0.329. The fourth-order valence-electron chi connectivity index (χ4n) is 2.76. The first-order valence-electron chi connectivity index (χ1n) is 7.07. The second kappa shape index (κ2) is 6.02. The van der Waals surface area contributed by atoms with Gasteiger partial charge in [-0.3, -0.25) is 4.79 Å². The Morgan fingerprint density at radius 2 is 2.18 bits per heavy atom. The Hall–Kier alpha value is -1.37. The third kappa shape index (κ3) is 3.19. The Balaban J connectivity index is 1.95. The molecule has 1 aromatic rings. The van der Waals surface area contributed by atoms with Gasteiger partial charge in [0.25, 0.3) is 5.91 Å². The average molecular weight is 342 g/mol. The molecule has 2 atom stereocenters. The van der Waals surface area contributed by atoms with Gasteiger partial charge in [-0.15, -0.1) is 0 Å². The van der Waals surface area contributed by atoms with Crippen LogP contribution in [0.25, 0.3) is 0 Å². The predicted octanol–water partition coefficient (Wildman–Crippen LogP) is 2.16. The molecule has 3 rings (SSSR count). The zero-order valence-corrected chi connectivity index (χ0v) is 13.4. The van der Waals surface area contributed by atoms with E-state index in [1.54, 1.807) is 30.3 Å². The highest BCUT2D eigenvalue weighted by atomic mass is 35.5. The van der Waals surface area contributed by atoms with Crippen LogP contribution in [0, 0.1) is 0 Å². The van der Waals surface area contributed by atoms with Crippen LogP contribution in [0.4, 0.5) is 5.69 Å². The Morgan fingerprint density at radius 1 is 1.36 bits per heavy atom. The van der Waals surface area contributed by atoms with E-state index < -0.39 is 22.0 Å². The molecule has 0 aromatic heterocycles. The zero-order chi connectivity index (χ0) is 15.7. The van der Waals surface area contributed by atoms with Crippen LogP contribution in [-0.4, -0.2) is 38.8 Å². The summed E-state index contributed by atoms with van der Waals surface area (Å²) in [6, 6.07) is 6.33. The van der Waals surface area contributed by atoms with Crippen molar-refractivity contribution in [1.82, 2.24) is 0 Å². The largest absolute Gasteiger partial charge is 0.368 e. The molecule has 22 heavy (non-hydrogen) atoms. The number of amides is 1. The molecule has 0 aliphatic carbocycles. The molecule has 1 saturated heterocycles. The van der Waals surface area contributed by atoms with Crippen LogP contribution in [0.1, 0.15) is 12.8 Å². The minimum atomic E-state index is -3.26. The number of halogens is 1. The summed E-state index contributed by atoms with van der Waals surface area (Å²) in [5.41, 5.74) is 0.583. The van der Waals surface area contributed by atoms with Gasteiger partial charge in [-0.25, -0.2) is 8.42 Å². The van der Waals surface area contributed by atoms with E-state index >= 15 is 0 Å². The molecular formula is C15H16ClNO4S. The van der Waals surface area contributed by atoms with Crippen LogP contribution in [0.15, 0.2) is 35.7 Å². The van der Waals surface area contributed by atoms with E-state index in [1.807, 2.05) is 0 Å². The van der Waals surface area contributed by atoms with Crippen molar-refractivity contribution >= 4 is 33.0 Å². The van der Waals surface area contributed by atoms with Crippen molar-refractivity contribution in [3.8, 4) is 0 Å². The SMILES string of the molecule is O=C([C@@H]1CCCO1)N(c1cccc(Cl)c1)[C@@H]1C=CS(=O)(=O)C1. The molecule has 0 N–H and O–H groups in total. The Labute approximate surface area is 134 Å². The van der Waals surface area contributed by atoms with Crippen molar-refractivity contribution in [2.24, 2.45) is 0 Å². The van der Waals surface area contributed by atoms with Crippen molar-refractivity contribution in [3.05, 3.63) is 40.8 Å². The van der Waals surface area contributed by atoms with Crippen molar-refractivity contribution < 1.29 is 17.9 Å². The highest BCUT2D eigenvalue weighted by Crippen LogP contribution is 2.28. The minimum absolute atomic E-state index is 0.113. The van der Waals surface area contributed by atoms with Gasteiger partial charge in [-0.1, -0.05) is 17.7 Å². The number of benzene rings is 1. The molecule has 0 spiro atoms. The van der Waals surface area contributed by atoms with E-state index in [2.05, 4.69) is 0 Å². The molecule has 7 heteroatoms. The minimum Gasteiger partial charge on any atom is -0.368 e. The summed E-state index contributed by atoms with van der Waals surface area (Å²) in [6.07, 6.45) is 2.51. The highest BCUT2D eigenvalue weighted by molar-refractivity contribution is 7.94. The predicted molar refractivity (Wildman–Crippen MR) is 84.6 cm³/mol. The third-order valence-electron chi connectivity index (χ3n) is 3.77. The van der Waals surface area contributed by atoms with Crippen molar-refractivity contribution in [2.45, 2.75) is 25.0 Å². The van der Waals surface area contributed by atoms with E-state index in [9.17, 15) is 13.2 Å². The van der Waals surface area contributed by atoms with E-state index in [0.29, 0.717) is 23.7 Å². The standard InChI is InChI=1S/C15H16ClNO4S/c16-11-3-1-4-12(9-11)17(13-6-8-22(19,20)10-13)15(18)14-5-2-7-21-14/h1,3-4,6,8-9,13-14H,2,5,7,10H2/t13-,14+/m1/s1. The van der Waals surface area contributed by atoms with Crippen molar-refractivity contribution in [3.63, 3.8) is 0 Å². The third-order valence-corrected chi connectivity index (χ3v) is 5.38. The first-order chi connectivity index (χ1) is 10.5. The maximum Gasteiger partial charge on any atom is 0.256 e. The lowest BCUT2D eigenvalue weighted by Crippen LogP contribution is -2.46. The molecule has 5 nitrogen and oxygen atoms in total. The van der Waals surface area contributed by atoms with Crippen LogP contribution in [0.2, 0.25) is 5.02 Å². The van der Waals surface area contributed by atoms with E-state index in [1.165, 1.54) is 4.90 Å². The van der Waals surface area contributed by atoms with Gasteiger partial charge in [0.15, 0.2) is 9.84 Å². The van der Waals surface area contributed by atoms with Gasteiger partial charge in [0.05, 0.1) is 11.8 Å². The van der Waals surface area contributed by atoms with E-state index in [0.717, 1.165) is 11.8 Å². The molecule has 1 fully saturated rings. The van der Waals surface area contributed by atoms with Crippen LogP contribution in [0.3, 0.4) is 0 Å². The number of anilines is 1. The van der Waals surface area contributed by atoms with Gasteiger partial charge >= 0.3 is 0 Å². The van der Waals surface area contributed by atoms with Crippen LogP contribution >= 0.6 is 11.6 Å². The average Bonchev–Trinajstić information content (AvgIpc) is 3.09. The molecule has 118 valence electrons. The van der Waals surface area contributed by atoms with Crippen LogP contribution < -0.4 is 4.90 Å². The molecule has 2 aliphatic rings. The fraction of sp³-hybridized carbons (Fsp3) is 0.400. The van der Waals surface area contributed by atoms with E-state index in [4.69, 9.17) is 16.3 Å². The second-order valence-corrected chi connectivity index (χ2v) is 7.78. The van der Waals surface area contributed by atoms with Crippen molar-refractivity contribution in [1.29, 1.82) is 0 Å². The normalized spacial score (nSPS) is 26.2. The molecule has 1 aromatic carbocycles. The molecular weight excluding hydrogens is 326 g/mol. The number of hydrogen-bond acceptors (Lipinski definition) is 4. The monoisotopic (exact) mass is 341 g/mol. The maximum atomic E-state index is 12.8. The number of nitrogens with zero attached hydrogens (tertiary/aromatic N) is 1. The first kappa shape index (κ1) is 15.5. The summed E-state index contributed by atoms with van der Waals surface area (Å²) < 4.78 is 28.9. The van der Waals surface area contributed by atoms with Crippen LogP contribution in [-0.2, 0) is 19.4 Å². The lowest BCUT2D eigenvalue weighted by atomic mass is 10.1. The number of carbonyl (C=O) groups excluding carboxylic acids is 1. The smallest absolute Gasteiger partial charge is 0.256 e. The summed E-state index contributed by atoms with van der Waals surface area (Å²) in [7, 11) is -3.26. The summed E-state index contributed by atoms with van der Waals surface area (Å²) in [6.45, 7) is 0.554. The number of sulfone groups is 1. The van der Waals surface area contributed by atoms with Gasteiger partial charge in [0.2, 0.25) is 0 Å². The Kier molecular flexibility index (Phi) is 4.25. The topological polar surface area (TPSA) is 63.7 Å². The molecule has 0 unspecified atom stereocenters. The molecule has 2 aliphatic heterocycles. The molecule has 0 radical (unpaired) electrons. The summed E-state index contributed by atoms with van der Waals surface area (Å²) in [4.78, 5) is 14.3. The summed E-state index contributed by atoms with van der Waals surface area (Å²) in [5, 5.41) is 1.66. The molecule has 1 amide bonds. The lowest BCUT2D eigenvalue weighted by Gasteiger charge is -2.29. The van der Waals surface area contributed by atoms with Crippen LogP contribution in [0.5, 0.6) is 0 Å². The zero-order valence-electron chi connectivity index (χ0n) is 11.8. The first-order valence-corrected chi connectivity index (χ1v) is 9.17. The number of hydrogen-bond donors (Lipinski definition) is 0. The van der Waals surface area contributed by atoms with Gasteiger partial charge in [-0.05, 0) is 37.1 Å².